The average molecular weight is 443 g/mol. The molecule has 2 aromatic heterocycles. The lowest BCUT2D eigenvalue weighted by atomic mass is 10.2. The standard InChI is InChI=1S/C22H16Cl2N2O4/c1-2-28-15-4-7-20-14(9-15)11-21(30-20)22(27)26-25-12-16-5-8-19(29-16)13-3-6-17(23)18(24)10-13/h3-12H,2H2,1H3,(H,26,27)/b25-12-. The number of nitrogens with one attached hydrogen (secondary N) is 1. The zero-order valence-corrected chi connectivity index (χ0v) is 17.3. The summed E-state index contributed by atoms with van der Waals surface area (Å²) in [5.74, 6) is 1.45. The van der Waals surface area contributed by atoms with Crippen molar-refractivity contribution in [1.82, 2.24) is 5.43 Å². The van der Waals surface area contributed by atoms with Gasteiger partial charge in [0.1, 0.15) is 22.9 Å². The minimum absolute atomic E-state index is 0.145. The zero-order chi connectivity index (χ0) is 21.1. The number of halogens is 2. The first kappa shape index (κ1) is 20.1. The van der Waals surface area contributed by atoms with Crippen LogP contribution in [0.1, 0.15) is 23.2 Å². The van der Waals surface area contributed by atoms with Crippen LogP contribution in [-0.4, -0.2) is 18.7 Å². The number of carbonyl (C=O) groups is 1. The van der Waals surface area contributed by atoms with Crippen LogP contribution in [-0.2, 0) is 0 Å². The van der Waals surface area contributed by atoms with Crippen LogP contribution >= 0.6 is 23.2 Å². The van der Waals surface area contributed by atoms with Crippen LogP contribution in [0.5, 0.6) is 5.75 Å². The monoisotopic (exact) mass is 442 g/mol. The lowest BCUT2D eigenvalue weighted by molar-refractivity contribution is 0.0929. The lowest BCUT2D eigenvalue weighted by Gasteiger charge is -2.00. The summed E-state index contributed by atoms with van der Waals surface area (Å²) in [5.41, 5.74) is 3.79. The molecule has 0 saturated heterocycles. The molecule has 0 atom stereocenters. The van der Waals surface area contributed by atoms with Crippen molar-refractivity contribution in [3.05, 3.63) is 76.2 Å². The molecule has 2 aromatic carbocycles. The molecule has 6 nitrogen and oxygen atoms in total. The second-order valence-corrected chi connectivity index (χ2v) is 7.09. The molecule has 1 N–H and O–H groups in total. The second-order valence-electron chi connectivity index (χ2n) is 6.27. The van der Waals surface area contributed by atoms with E-state index >= 15 is 0 Å². The second kappa shape index (κ2) is 8.65. The van der Waals surface area contributed by atoms with Crippen molar-refractivity contribution >= 4 is 46.3 Å². The highest BCUT2D eigenvalue weighted by Crippen LogP contribution is 2.29. The van der Waals surface area contributed by atoms with E-state index in [1.807, 2.05) is 13.0 Å². The molecular weight excluding hydrogens is 427 g/mol. The minimum atomic E-state index is -0.475. The molecule has 0 spiro atoms. The Labute approximate surface area is 182 Å². The third kappa shape index (κ3) is 4.35. The first-order valence-electron chi connectivity index (χ1n) is 9.08. The van der Waals surface area contributed by atoms with Gasteiger partial charge in [-0.3, -0.25) is 4.79 Å². The van der Waals surface area contributed by atoms with E-state index in [-0.39, 0.29) is 5.76 Å². The first-order chi connectivity index (χ1) is 14.5. The molecule has 0 aliphatic rings. The fraction of sp³-hybridized carbons (Fsp3) is 0.0909. The summed E-state index contributed by atoms with van der Waals surface area (Å²) in [7, 11) is 0. The first-order valence-corrected chi connectivity index (χ1v) is 9.84. The summed E-state index contributed by atoms with van der Waals surface area (Å²) in [4.78, 5) is 12.3. The number of rotatable bonds is 6. The topological polar surface area (TPSA) is 77.0 Å². The third-order valence-electron chi connectivity index (χ3n) is 4.21. The minimum Gasteiger partial charge on any atom is -0.494 e. The van der Waals surface area contributed by atoms with Crippen molar-refractivity contribution in [2.24, 2.45) is 5.10 Å². The molecule has 4 rings (SSSR count). The summed E-state index contributed by atoms with van der Waals surface area (Å²) < 4.78 is 16.7. The van der Waals surface area contributed by atoms with Gasteiger partial charge >= 0.3 is 5.91 Å². The highest BCUT2D eigenvalue weighted by Gasteiger charge is 2.12. The van der Waals surface area contributed by atoms with E-state index in [4.69, 9.17) is 36.8 Å². The Morgan fingerprint density at radius 2 is 1.93 bits per heavy atom. The van der Waals surface area contributed by atoms with E-state index in [0.29, 0.717) is 39.5 Å². The number of amides is 1. The molecule has 152 valence electrons. The van der Waals surface area contributed by atoms with E-state index in [1.165, 1.54) is 6.21 Å². The molecule has 0 aliphatic heterocycles. The molecule has 2 heterocycles. The van der Waals surface area contributed by atoms with Crippen LogP contribution in [0.25, 0.3) is 22.3 Å². The van der Waals surface area contributed by atoms with Gasteiger partial charge in [0.15, 0.2) is 5.76 Å². The zero-order valence-electron chi connectivity index (χ0n) is 15.8. The number of furan rings is 2. The summed E-state index contributed by atoms with van der Waals surface area (Å²) in [6, 6.07) is 15.7. The number of benzene rings is 2. The Hall–Kier alpha value is -3.22. The Bertz CT molecular complexity index is 1240. The molecule has 0 aliphatic carbocycles. The summed E-state index contributed by atoms with van der Waals surface area (Å²) in [6.07, 6.45) is 1.40. The van der Waals surface area contributed by atoms with Crippen LogP contribution < -0.4 is 10.2 Å². The number of carbonyl (C=O) groups excluding carboxylic acids is 1. The maximum atomic E-state index is 12.3. The van der Waals surface area contributed by atoms with E-state index in [1.54, 1.807) is 48.5 Å². The van der Waals surface area contributed by atoms with Crippen molar-refractivity contribution < 1.29 is 18.4 Å². The summed E-state index contributed by atoms with van der Waals surface area (Å²) in [6.45, 7) is 2.47. The summed E-state index contributed by atoms with van der Waals surface area (Å²) in [5, 5.41) is 5.60. The highest BCUT2D eigenvalue weighted by molar-refractivity contribution is 6.42. The number of hydrazone groups is 1. The fourth-order valence-electron chi connectivity index (χ4n) is 2.83. The van der Waals surface area contributed by atoms with Crippen LogP contribution in [0.3, 0.4) is 0 Å². The molecule has 1 amide bonds. The quantitative estimate of drug-likeness (QED) is 0.286. The SMILES string of the molecule is CCOc1ccc2oc(C(=O)N/N=C\c3ccc(-c4ccc(Cl)c(Cl)c4)o3)cc2c1. The van der Waals surface area contributed by atoms with Crippen molar-refractivity contribution in [2.75, 3.05) is 6.61 Å². The molecule has 8 heteroatoms. The van der Waals surface area contributed by atoms with Crippen LogP contribution in [0.4, 0.5) is 0 Å². The smallest absolute Gasteiger partial charge is 0.307 e. The van der Waals surface area contributed by atoms with Gasteiger partial charge in [-0.1, -0.05) is 23.2 Å². The van der Waals surface area contributed by atoms with Gasteiger partial charge in [-0.2, -0.15) is 5.10 Å². The molecule has 0 saturated carbocycles. The fourth-order valence-corrected chi connectivity index (χ4v) is 3.12. The third-order valence-corrected chi connectivity index (χ3v) is 4.95. The largest absolute Gasteiger partial charge is 0.494 e. The van der Waals surface area contributed by atoms with E-state index < -0.39 is 5.91 Å². The summed E-state index contributed by atoms with van der Waals surface area (Å²) >= 11 is 12.0. The number of hydrogen-bond donors (Lipinski definition) is 1. The number of ether oxygens (including phenoxy) is 1. The molecular formula is C22H16Cl2N2O4. The van der Waals surface area contributed by atoms with Gasteiger partial charge < -0.3 is 13.6 Å². The van der Waals surface area contributed by atoms with Crippen molar-refractivity contribution in [3.63, 3.8) is 0 Å². The van der Waals surface area contributed by atoms with Gasteiger partial charge in [0, 0.05) is 10.9 Å². The van der Waals surface area contributed by atoms with Crippen LogP contribution in [0.2, 0.25) is 10.0 Å². The Kier molecular flexibility index (Phi) is 5.79. The molecule has 30 heavy (non-hydrogen) atoms. The number of hydrogen-bond acceptors (Lipinski definition) is 5. The lowest BCUT2D eigenvalue weighted by Crippen LogP contribution is -2.16. The Morgan fingerprint density at radius 3 is 2.73 bits per heavy atom. The normalized spacial score (nSPS) is 11.3. The van der Waals surface area contributed by atoms with Crippen molar-refractivity contribution in [1.29, 1.82) is 0 Å². The van der Waals surface area contributed by atoms with Crippen molar-refractivity contribution in [2.45, 2.75) is 6.92 Å². The predicted octanol–water partition coefficient (Wildman–Crippen LogP) is 6.16. The van der Waals surface area contributed by atoms with Gasteiger partial charge in [0.2, 0.25) is 0 Å². The van der Waals surface area contributed by atoms with Gasteiger partial charge in [-0.25, -0.2) is 5.43 Å². The highest BCUT2D eigenvalue weighted by atomic mass is 35.5. The van der Waals surface area contributed by atoms with Crippen molar-refractivity contribution in [3.8, 4) is 17.1 Å². The van der Waals surface area contributed by atoms with E-state index in [9.17, 15) is 4.79 Å². The maximum absolute atomic E-state index is 12.3. The molecule has 0 bridgehead atoms. The van der Waals surface area contributed by atoms with Gasteiger partial charge in [-0.15, -0.1) is 0 Å². The predicted molar refractivity (Wildman–Crippen MR) is 117 cm³/mol. The molecule has 4 aromatic rings. The van der Waals surface area contributed by atoms with Crippen LogP contribution in [0, 0.1) is 0 Å². The Morgan fingerprint density at radius 1 is 1.07 bits per heavy atom. The van der Waals surface area contributed by atoms with Gasteiger partial charge in [0.05, 0.1) is 22.9 Å². The molecule has 0 unspecified atom stereocenters. The van der Waals surface area contributed by atoms with Crippen LogP contribution in [0.15, 0.2) is 68.5 Å². The molecule has 0 fully saturated rings. The van der Waals surface area contributed by atoms with E-state index in [2.05, 4.69) is 10.5 Å². The van der Waals surface area contributed by atoms with Gasteiger partial charge in [0.25, 0.3) is 0 Å². The van der Waals surface area contributed by atoms with Gasteiger partial charge in [-0.05, 0) is 61.5 Å². The average Bonchev–Trinajstić information content (AvgIpc) is 3.37. The number of nitrogens with zero attached hydrogens (tertiary/aromatic N) is 1. The van der Waals surface area contributed by atoms with E-state index in [0.717, 1.165) is 10.9 Å². The Balaban J connectivity index is 1.43. The number of fused-ring (bicyclic) bond motifs is 1. The maximum Gasteiger partial charge on any atom is 0.307 e. The molecule has 0 radical (unpaired) electrons.